The molecule has 2 aliphatic rings. The van der Waals surface area contributed by atoms with E-state index in [-0.39, 0.29) is 5.56 Å². The summed E-state index contributed by atoms with van der Waals surface area (Å²) in [7, 11) is 0. The fourth-order valence-electron chi connectivity index (χ4n) is 3.15. The zero-order valence-corrected chi connectivity index (χ0v) is 9.98. The predicted molar refractivity (Wildman–Crippen MR) is 68.3 cm³/mol. The molecule has 0 aliphatic carbocycles. The van der Waals surface area contributed by atoms with E-state index in [2.05, 4.69) is 18.0 Å². The van der Waals surface area contributed by atoms with E-state index in [1.54, 1.807) is 6.08 Å². The molecule has 0 radical (unpaired) electrons. The van der Waals surface area contributed by atoms with Crippen LogP contribution in [0.5, 0.6) is 0 Å². The highest BCUT2D eigenvalue weighted by atomic mass is 16.1. The molecule has 1 aromatic rings. The van der Waals surface area contributed by atoms with Crippen molar-refractivity contribution >= 4 is 0 Å². The lowest BCUT2D eigenvalue weighted by Gasteiger charge is -2.37. The Kier molecular flexibility index (Phi) is 2.63. The van der Waals surface area contributed by atoms with Crippen molar-refractivity contribution in [3.63, 3.8) is 0 Å². The largest absolute Gasteiger partial charge is 0.316 e. The van der Waals surface area contributed by atoms with Crippen LogP contribution in [-0.4, -0.2) is 17.7 Å². The molecule has 0 spiro atoms. The first-order chi connectivity index (χ1) is 8.29. The highest BCUT2D eigenvalue weighted by Crippen LogP contribution is 2.31. The zero-order chi connectivity index (χ0) is 11.8. The van der Waals surface area contributed by atoms with E-state index in [1.165, 1.54) is 12.1 Å². The lowest BCUT2D eigenvalue weighted by Crippen LogP contribution is -2.45. The van der Waals surface area contributed by atoms with E-state index < -0.39 is 0 Å². The molecular formula is C14H18N2O. The number of pyridine rings is 1. The Morgan fingerprint density at radius 1 is 1.47 bits per heavy atom. The fraction of sp³-hybridized carbons (Fsp3) is 0.500. The second kappa shape index (κ2) is 4.15. The van der Waals surface area contributed by atoms with Gasteiger partial charge in [0.2, 0.25) is 0 Å². The highest BCUT2D eigenvalue weighted by molar-refractivity contribution is 5.23. The number of allylic oxidation sites excluding steroid dienone is 1. The second-order valence-electron chi connectivity index (χ2n) is 5.15. The van der Waals surface area contributed by atoms with E-state index in [1.807, 2.05) is 10.6 Å². The van der Waals surface area contributed by atoms with E-state index >= 15 is 0 Å². The van der Waals surface area contributed by atoms with Gasteiger partial charge < -0.3 is 9.88 Å². The van der Waals surface area contributed by atoms with Gasteiger partial charge >= 0.3 is 0 Å². The minimum atomic E-state index is 0.194. The minimum absolute atomic E-state index is 0.194. The van der Waals surface area contributed by atoms with Gasteiger partial charge in [0.15, 0.2) is 0 Å². The van der Waals surface area contributed by atoms with Gasteiger partial charge in [0.25, 0.3) is 5.56 Å². The summed E-state index contributed by atoms with van der Waals surface area (Å²) in [6.07, 6.45) is 3.70. The summed E-state index contributed by atoms with van der Waals surface area (Å²) in [5, 5.41) is 3.46. The second-order valence-corrected chi connectivity index (χ2v) is 5.15. The number of piperidine rings is 1. The summed E-state index contributed by atoms with van der Waals surface area (Å²) < 4.78 is 2.00. The Bertz CT molecular complexity index is 503. The quantitative estimate of drug-likeness (QED) is 0.777. The molecule has 2 atom stereocenters. The Hall–Kier alpha value is -1.35. The lowest BCUT2D eigenvalue weighted by molar-refractivity contribution is 0.257. The molecule has 1 saturated heterocycles. The number of nitrogens with one attached hydrogen (secondary N) is 1. The van der Waals surface area contributed by atoms with Crippen molar-refractivity contribution in [2.75, 3.05) is 13.1 Å². The SMILES string of the molecule is C=CCc1ccc2n(c1=O)CC1CNCC2C1. The van der Waals surface area contributed by atoms with Crippen LogP contribution in [-0.2, 0) is 13.0 Å². The van der Waals surface area contributed by atoms with E-state index in [0.29, 0.717) is 18.3 Å². The maximum atomic E-state index is 12.3. The van der Waals surface area contributed by atoms with Gasteiger partial charge in [0.1, 0.15) is 0 Å². The van der Waals surface area contributed by atoms with Crippen LogP contribution in [0.15, 0.2) is 29.6 Å². The first-order valence-electron chi connectivity index (χ1n) is 6.34. The third-order valence-electron chi connectivity index (χ3n) is 3.95. The Morgan fingerprint density at radius 3 is 3.18 bits per heavy atom. The van der Waals surface area contributed by atoms with Gasteiger partial charge in [-0.25, -0.2) is 0 Å². The van der Waals surface area contributed by atoms with Crippen molar-refractivity contribution in [3.05, 3.63) is 46.4 Å². The average molecular weight is 230 g/mol. The summed E-state index contributed by atoms with van der Waals surface area (Å²) in [5.74, 6) is 1.14. The third-order valence-corrected chi connectivity index (χ3v) is 3.95. The highest BCUT2D eigenvalue weighted by Gasteiger charge is 2.30. The van der Waals surface area contributed by atoms with Crippen molar-refractivity contribution in [2.45, 2.75) is 25.3 Å². The normalized spacial score (nSPS) is 26.4. The van der Waals surface area contributed by atoms with Crippen molar-refractivity contribution < 1.29 is 0 Å². The van der Waals surface area contributed by atoms with Crippen molar-refractivity contribution in [1.29, 1.82) is 0 Å². The number of fused-ring (bicyclic) bond motifs is 4. The van der Waals surface area contributed by atoms with Crippen LogP contribution < -0.4 is 10.9 Å². The van der Waals surface area contributed by atoms with Crippen LogP contribution in [0.2, 0.25) is 0 Å². The number of aromatic nitrogens is 1. The molecule has 3 heterocycles. The Balaban J connectivity index is 2.08. The monoisotopic (exact) mass is 230 g/mol. The summed E-state index contributed by atoms with van der Waals surface area (Å²) in [5.41, 5.74) is 2.28. The number of hydrogen-bond donors (Lipinski definition) is 1. The maximum Gasteiger partial charge on any atom is 0.254 e. The number of rotatable bonds is 2. The van der Waals surface area contributed by atoms with Crippen LogP contribution in [0.4, 0.5) is 0 Å². The summed E-state index contributed by atoms with van der Waals surface area (Å²) in [6.45, 7) is 6.65. The van der Waals surface area contributed by atoms with E-state index in [0.717, 1.165) is 25.2 Å². The number of hydrogen-bond acceptors (Lipinski definition) is 2. The molecule has 1 aromatic heterocycles. The first-order valence-corrected chi connectivity index (χ1v) is 6.34. The van der Waals surface area contributed by atoms with Gasteiger partial charge in [-0.05, 0) is 31.4 Å². The van der Waals surface area contributed by atoms with Gasteiger partial charge in [0, 0.05) is 30.3 Å². The molecule has 2 bridgehead atoms. The Labute approximate surface area is 101 Å². The molecule has 2 aliphatic heterocycles. The molecule has 0 amide bonds. The van der Waals surface area contributed by atoms with Gasteiger partial charge in [-0.1, -0.05) is 12.1 Å². The van der Waals surface area contributed by atoms with E-state index in [4.69, 9.17) is 0 Å². The van der Waals surface area contributed by atoms with Crippen molar-refractivity contribution in [2.24, 2.45) is 5.92 Å². The molecule has 3 nitrogen and oxygen atoms in total. The van der Waals surface area contributed by atoms with Crippen LogP contribution in [0.25, 0.3) is 0 Å². The topological polar surface area (TPSA) is 34.0 Å². The molecule has 3 heteroatoms. The van der Waals surface area contributed by atoms with Crippen LogP contribution in [0.3, 0.4) is 0 Å². The van der Waals surface area contributed by atoms with Crippen molar-refractivity contribution in [1.82, 2.24) is 9.88 Å². The predicted octanol–water partition coefficient (Wildman–Crippen LogP) is 1.28. The molecular weight excluding hydrogens is 212 g/mol. The summed E-state index contributed by atoms with van der Waals surface area (Å²) >= 11 is 0. The van der Waals surface area contributed by atoms with Crippen molar-refractivity contribution in [3.8, 4) is 0 Å². The lowest BCUT2D eigenvalue weighted by atomic mass is 9.84. The zero-order valence-electron chi connectivity index (χ0n) is 9.98. The number of nitrogens with zero attached hydrogens (tertiary/aromatic N) is 1. The summed E-state index contributed by atoms with van der Waals surface area (Å²) in [6, 6.07) is 4.11. The molecule has 1 N–H and O–H groups in total. The standard InChI is InChI=1S/C14H18N2O/c1-2-3-11-4-5-13-12-6-10(7-15-8-12)9-16(13)14(11)17/h2,4-5,10,12,15H,1,3,6-9H2. The van der Waals surface area contributed by atoms with Crippen LogP contribution in [0, 0.1) is 5.92 Å². The van der Waals surface area contributed by atoms with Gasteiger partial charge in [-0.15, -0.1) is 6.58 Å². The smallest absolute Gasteiger partial charge is 0.254 e. The molecule has 0 saturated carbocycles. The third kappa shape index (κ3) is 1.75. The minimum Gasteiger partial charge on any atom is -0.316 e. The molecule has 90 valence electrons. The van der Waals surface area contributed by atoms with Gasteiger partial charge in [-0.2, -0.15) is 0 Å². The average Bonchev–Trinajstić information content (AvgIpc) is 2.34. The molecule has 0 aromatic carbocycles. The first kappa shape index (κ1) is 10.8. The van der Waals surface area contributed by atoms with E-state index in [9.17, 15) is 4.79 Å². The molecule has 2 unspecified atom stereocenters. The van der Waals surface area contributed by atoms with Gasteiger partial charge in [-0.3, -0.25) is 4.79 Å². The van der Waals surface area contributed by atoms with Crippen LogP contribution >= 0.6 is 0 Å². The van der Waals surface area contributed by atoms with Crippen LogP contribution in [0.1, 0.15) is 23.6 Å². The van der Waals surface area contributed by atoms with Gasteiger partial charge in [0.05, 0.1) is 0 Å². The fourth-order valence-corrected chi connectivity index (χ4v) is 3.15. The Morgan fingerprint density at radius 2 is 2.35 bits per heavy atom. The molecule has 17 heavy (non-hydrogen) atoms. The summed E-state index contributed by atoms with van der Waals surface area (Å²) in [4.78, 5) is 12.3. The molecule has 1 fully saturated rings. The molecule has 3 rings (SSSR count). The maximum absolute atomic E-state index is 12.3.